The van der Waals surface area contributed by atoms with Gasteiger partial charge in [-0.3, -0.25) is 0 Å². The first-order valence-electron chi connectivity index (χ1n) is 6.33. The van der Waals surface area contributed by atoms with Crippen molar-refractivity contribution in [2.24, 2.45) is 0 Å². The number of hydrogen-bond donors (Lipinski definition) is 4. The Balaban J connectivity index is 1.97. The Kier molecular flexibility index (Phi) is 5.03. The molecule has 0 aromatic heterocycles. The molecule has 0 bridgehead atoms. The van der Waals surface area contributed by atoms with Crippen molar-refractivity contribution >= 4 is 27.9 Å². The first kappa shape index (κ1) is 15.6. The standard InChI is InChI=1S/C13H15BrN2O5/c14-9-3-7-1-2-21-11(7)8(4-9)5-15-13(20)16-10(6-17)12(18)19/h3-4,10,17H,1-2,5-6H2,(H,18,19)(H2,15,16,20)/t10-/m0/s1. The molecule has 114 valence electrons. The maximum Gasteiger partial charge on any atom is 0.328 e. The molecule has 7 nitrogen and oxygen atoms in total. The number of halogens is 1. The molecule has 0 saturated carbocycles. The van der Waals surface area contributed by atoms with E-state index in [-0.39, 0.29) is 6.54 Å². The zero-order valence-corrected chi connectivity index (χ0v) is 12.6. The van der Waals surface area contributed by atoms with E-state index in [0.717, 1.165) is 27.8 Å². The maximum absolute atomic E-state index is 11.6. The largest absolute Gasteiger partial charge is 0.493 e. The van der Waals surface area contributed by atoms with Crippen LogP contribution in [0.1, 0.15) is 11.1 Å². The number of aliphatic carboxylic acids is 1. The molecule has 1 aliphatic heterocycles. The van der Waals surface area contributed by atoms with E-state index in [4.69, 9.17) is 14.9 Å². The molecule has 0 aliphatic carbocycles. The highest BCUT2D eigenvalue weighted by Gasteiger charge is 2.20. The predicted molar refractivity (Wildman–Crippen MR) is 77.2 cm³/mol. The molecule has 1 aliphatic rings. The number of ether oxygens (including phenoxy) is 1. The minimum Gasteiger partial charge on any atom is -0.493 e. The zero-order chi connectivity index (χ0) is 15.4. The summed E-state index contributed by atoms with van der Waals surface area (Å²) in [6, 6.07) is 1.82. The lowest BCUT2D eigenvalue weighted by molar-refractivity contribution is -0.140. The maximum atomic E-state index is 11.6. The van der Waals surface area contributed by atoms with Crippen LogP contribution in [0.2, 0.25) is 0 Å². The lowest BCUT2D eigenvalue weighted by Crippen LogP contribution is -2.47. The summed E-state index contributed by atoms with van der Waals surface area (Å²) in [6.07, 6.45) is 0.819. The average Bonchev–Trinajstić information content (AvgIpc) is 2.89. The third-order valence-electron chi connectivity index (χ3n) is 3.05. The Hall–Kier alpha value is -1.80. The van der Waals surface area contributed by atoms with Gasteiger partial charge in [0.1, 0.15) is 5.75 Å². The van der Waals surface area contributed by atoms with Crippen LogP contribution < -0.4 is 15.4 Å². The minimum atomic E-state index is -1.32. The molecule has 8 heteroatoms. The number of fused-ring (bicyclic) bond motifs is 1. The summed E-state index contributed by atoms with van der Waals surface area (Å²) in [5.41, 5.74) is 1.88. The van der Waals surface area contributed by atoms with Crippen molar-refractivity contribution in [1.82, 2.24) is 10.6 Å². The lowest BCUT2D eigenvalue weighted by atomic mass is 10.1. The molecule has 1 aromatic carbocycles. The van der Waals surface area contributed by atoms with Gasteiger partial charge in [0.25, 0.3) is 0 Å². The van der Waals surface area contributed by atoms with Crippen LogP contribution in [0.15, 0.2) is 16.6 Å². The van der Waals surface area contributed by atoms with Crippen LogP contribution in [-0.2, 0) is 17.8 Å². The van der Waals surface area contributed by atoms with Crippen molar-refractivity contribution in [3.05, 3.63) is 27.7 Å². The molecule has 0 fully saturated rings. The van der Waals surface area contributed by atoms with E-state index in [0.29, 0.717) is 6.61 Å². The Labute approximate surface area is 129 Å². The van der Waals surface area contributed by atoms with Gasteiger partial charge < -0.3 is 25.6 Å². The normalized spacial score (nSPS) is 14.0. The van der Waals surface area contributed by atoms with E-state index >= 15 is 0 Å². The molecule has 4 N–H and O–H groups in total. The SMILES string of the molecule is O=C(NCc1cc(Br)cc2c1OCC2)N[C@@H](CO)C(=O)O. The number of carboxylic acid groups (broad SMARTS) is 1. The van der Waals surface area contributed by atoms with Crippen LogP contribution >= 0.6 is 15.9 Å². The van der Waals surface area contributed by atoms with Crippen molar-refractivity contribution in [3.63, 3.8) is 0 Å². The second kappa shape index (κ2) is 6.77. The first-order chi connectivity index (χ1) is 10.0. The van der Waals surface area contributed by atoms with Gasteiger partial charge >= 0.3 is 12.0 Å². The van der Waals surface area contributed by atoms with Crippen molar-refractivity contribution < 1.29 is 24.5 Å². The highest BCUT2D eigenvalue weighted by Crippen LogP contribution is 2.32. The second-order valence-corrected chi connectivity index (χ2v) is 5.47. The molecule has 1 heterocycles. The van der Waals surface area contributed by atoms with Crippen LogP contribution in [0.3, 0.4) is 0 Å². The predicted octanol–water partition coefficient (Wildman–Crippen LogP) is 0.629. The Morgan fingerprint density at radius 3 is 2.86 bits per heavy atom. The number of benzene rings is 1. The summed E-state index contributed by atoms with van der Waals surface area (Å²) in [5, 5.41) is 22.3. The summed E-state index contributed by atoms with van der Waals surface area (Å²) in [5.74, 6) is -0.533. The topological polar surface area (TPSA) is 108 Å². The molecular formula is C13H15BrN2O5. The fraction of sp³-hybridized carbons (Fsp3) is 0.385. The van der Waals surface area contributed by atoms with Crippen molar-refractivity contribution in [2.75, 3.05) is 13.2 Å². The third kappa shape index (κ3) is 3.85. The van der Waals surface area contributed by atoms with Gasteiger partial charge in [0, 0.05) is 23.0 Å². The van der Waals surface area contributed by atoms with Crippen molar-refractivity contribution in [1.29, 1.82) is 0 Å². The number of rotatable bonds is 5. The van der Waals surface area contributed by atoms with Crippen LogP contribution in [0.5, 0.6) is 5.75 Å². The summed E-state index contributed by atoms with van der Waals surface area (Å²) in [7, 11) is 0. The number of carbonyl (C=O) groups excluding carboxylic acids is 1. The lowest BCUT2D eigenvalue weighted by Gasteiger charge is -2.14. The van der Waals surface area contributed by atoms with Crippen molar-refractivity contribution in [2.45, 2.75) is 19.0 Å². The van der Waals surface area contributed by atoms with Gasteiger partial charge in [0.15, 0.2) is 6.04 Å². The van der Waals surface area contributed by atoms with E-state index < -0.39 is 24.6 Å². The van der Waals surface area contributed by atoms with Gasteiger partial charge in [-0.2, -0.15) is 0 Å². The number of carboxylic acids is 1. The molecule has 1 atom stereocenters. The number of aliphatic hydroxyl groups excluding tert-OH is 1. The highest BCUT2D eigenvalue weighted by molar-refractivity contribution is 9.10. The fourth-order valence-corrected chi connectivity index (χ4v) is 2.60. The smallest absolute Gasteiger partial charge is 0.328 e. The van der Waals surface area contributed by atoms with Gasteiger partial charge in [-0.1, -0.05) is 15.9 Å². The van der Waals surface area contributed by atoms with E-state index in [9.17, 15) is 9.59 Å². The molecule has 0 spiro atoms. The van der Waals surface area contributed by atoms with Gasteiger partial charge in [0.05, 0.1) is 13.2 Å². The Morgan fingerprint density at radius 2 is 2.19 bits per heavy atom. The van der Waals surface area contributed by atoms with Gasteiger partial charge in [0.2, 0.25) is 0 Å². The fourth-order valence-electron chi connectivity index (χ4n) is 2.05. The Bertz CT molecular complexity index is 564. The van der Waals surface area contributed by atoms with Gasteiger partial charge in [-0.15, -0.1) is 0 Å². The molecule has 0 radical (unpaired) electrons. The van der Waals surface area contributed by atoms with Crippen LogP contribution in [0.25, 0.3) is 0 Å². The number of urea groups is 1. The number of amides is 2. The monoisotopic (exact) mass is 358 g/mol. The molecule has 2 amide bonds. The van der Waals surface area contributed by atoms with Crippen molar-refractivity contribution in [3.8, 4) is 5.75 Å². The van der Waals surface area contributed by atoms with Crippen LogP contribution in [0.4, 0.5) is 4.79 Å². The van der Waals surface area contributed by atoms with Crippen LogP contribution in [-0.4, -0.2) is 41.5 Å². The van der Waals surface area contributed by atoms with E-state index in [1.54, 1.807) is 0 Å². The second-order valence-electron chi connectivity index (χ2n) is 4.55. The molecule has 2 rings (SSSR count). The number of aliphatic hydroxyl groups is 1. The van der Waals surface area contributed by atoms with Gasteiger partial charge in [-0.05, 0) is 17.7 Å². The third-order valence-corrected chi connectivity index (χ3v) is 3.51. The average molecular weight is 359 g/mol. The minimum absolute atomic E-state index is 0.200. The van der Waals surface area contributed by atoms with Crippen LogP contribution in [0, 0.1) is 0 Å². The summed E-state index contributed by atoms with van der Waals surface area (Å²) in [4.78, 5) is 22.3. The van der Waals surface area contributed by atoms with E-state index in [1.807, 2.05) is 12.1 Å². The number of hydrogen-bond acceptors (Lipinski definition) is 4. The highest BCUT2D eigenvalue weighted by atomic mass is 79.9. The zero-order valence-electron chi connectivity index (χ0n) is 11.1. The molecular weight excluding hydrogens is 344 g/mol. The summed E-state index contributed by atoms with van der Waals surface area (Å²) >= 11 is 3.40. The van der Waals surface area contributed by atoms with Gasteiger partial charge in [-0.25, -0.2) is 9.59 Å². The first-order valence-corrected chi connectivity index (χ1v) is 7.12. The molecule has 0 unspecified atom stereocenters. The number of carbonyl (C=O) groups is 2. The summed E-state index contributed by atoms with van der Waals surface area (Å²) in [6.45, 7) is 0.139. The number of nitrogens with one attached hydrogen (secondary N) is 2. The molecule has 21 heavy (non-hydrogen) atoms. The van der Waals surface area contributed by atoms with E-state index in [1.165, 1.54) is 0 Å². The quantitative estimate of drug-likeness (QED) is 0.617. The molecule has 1 aromatic rings. The van der Waals surface area contributed by atoms with E-state index in [2.05, 4.69) is 26.6 Å². The summed E-state index contributed by atoms with van der Waals surface area (Å²) < 4.78 is 6.42. The Morgan fingerprint density at radius 1 is 1.43 bits per heavy atom. The molecule has 0 saturated heterocycles.